The number of fused-ring (bicyclic) bond motifs is 1. The zero-order valence-corrected chi connectivity index (χ0v) is 22.6. The second-order valence-corrected chi connectivity index (χ2v) is 12.3. The van der Waals surface area contributed by atoms with Gasteiger partial charge < -0.3 is 14.5 Å². The van der Waals surface area contributed by atoms with Crippen LogP contribution >= 0.6 is 0 Å². The van der Waals surface area contributed by atoms with Gasteiger partial charge in [0.05, 0.1) is 16.5 Å². The molecular formula is C25H33FN6O4S. The summed E-state index contributed by atoms with van der Waals surface area (Å²) in [6, 6.07) is 3.73. The minimum atomic E-state index is -3.54. The van der Waals surface area contributed by atoms with E-state index in [1.807, 2.05) is 27.7 Å². The molecule has 200 valence electrons. The van der Waals surface area contributed by atoms with Gasteiger partial charge in [-0.15, -0.1) is 0 Å². The molecule has 2 aromatic heterocycles. The van der Waals surface area contributed by atoms with E-state index in [0.29, 0.717) is 42.4 Å². The second kappa shape index (κ2) is 10.2. The van der Waals surface area contributed by atoms with E-state index in [1.54, 1.807) is 11.1 Å². The number of likely N-dealkylation sites (tertiary alicyclic amines) is 1. The molecule has 0 atom stereocenters. The predicted molar refractivity (Wildman–Crippen MR) is 138 cm³/mol. The smallest absolute Gasteiger partial charge is 0.410 e. The Morgan fingerprint density at radius 2 is 1.92 bits per heavy atom. The number of anilines is 1. The van der Waals surface area contributed by atoms with Gasteiger partial charge in [-0.1, -0.05) is 0 Å². The minimum Gasteiger partial charge on any atom is -0.444 e. The summed E-state index contributed by atoms with van der Waals surface area (Å²) in [7, 11) is -3.54. The fourth-order valence-electron chi connectivity index (χ4n) is 4.45. The Balaban J connectivity index is 1.52. The number of hydrogen-bond donors (Lipinski definition) is 0. The molecule has 37 heavy (non-hydrogen) atoms. The normalized spacial score (nSPS) is 15.2. The van der Waals surface area contributed by atoms with E-state index in [9.17, 15) is 17.6 Å². The highest BCUT2D eigenvalue weighted by Crippen LogP contribution is 2.29. The lowest BCUT2D eigenvalue weighted by Crippen LogP contribution is -2.44. The average Bonchev–Trinajstić information content (AvgIpc) is 3.25. The number of nitrogens with zero attached hydrogens (tertiary/aromatic N) is 6. The highest BCUT2D eigenvalue weighted by Gasteiger charge is 2.28. The van der Waals surface area contributed by atoms with Gasteiger partial charge in [0, 0.05) is 32.4 Å². The first-order valence-corrected chi connectivity index (χ1v) is 14.2. The van der Waals surface area contributed by atoms with E-state index in [2.05, 4.69) is 20.0 Å². The van der Waals surface area contributed by atoms with Crippen molar-refractivity contribution in [3.8, 4) is 5.69 Å². The van der Waals surface area contributed by atoms with Crippen LogP contribution in [0.25, 0.3) is 16.7 Å². The molecule has 1 saturated heterocycles. The quantitative estimate of drug-likeness (QED) is 0.471. The summed E-state index contributed by atoms with van der Waals surface area (Å²) >= 11 is 0. The van der Waals surface area contributed by atoms with Crippen LogP contribution in [-0.2, 0) is 14.6 Å². The molecule has 4 rings (SSSR count). The molecule has 1 fully saturated rings. The van der Waals surface area contributed by atoms with Gasteiger partial charge in [-0.2, -0.15) is 5.10 Å². The number of carbonyl (C=O) groups excluding carboxylic acids is 1. The Morgan fingerprint density at radius 1 is 1.22 bits per heavy atom. The first-order valence-electron chi connectivity index (χ1n) is 12.3. The third-order valence-corrected chi connectivity index (χ3v) is 7.46. The Kier molecular flexibility index (Phi) is 7.40. The van der Waals surface area contributed by atoms with E-state index >= 15 is 0 Å². The molecule has 0 saturated carbocycles. The van der Waals surface area contributed by atoms with Gasteiger partial charge >= 0.3 is 6.09 Å². The molecule has 10 nitrogen and oxygen atoms in total. The molecule has 0 bridgehead atoms. The van der Waals surface area contributed by atoms with Crippen molar-refractivity contribution < 1.29 is 22.3 Å². The molecule has 0 N–H and O–H groups in total. The number of piperidine rings is 1. The Bertz CT molecular complexity index is 1390. The summed E-state index contributed by atoms with van der Waals surface area (Å²) in [5, 5.41) is 5.01. The summed E-state index contributed by atoms with van der Waals surface area (Å²) < 4.78 is 45.3. The fraction of sp³-hybridized carbons (Fsp3) is 0.520. The lowest BCUT2D eigenvalue weighted by molar-refractivity contribution is 0.0186. The number of carbonyl (C=O) groups is 1. The average molecular weight is 533 g/mol. The van der Waals surface area contributed by atoms with Crippen LogP contribution in [0.2, 0.25) is 0 Å². The lowest BCUT2D eigenvalue weighted by Gasteiger charge is -2.35. The molecule has 12 heteroatoms. The number of rotatable bonds is 6. The third kappa shape index (κ3) is 6.00. The third-order valence-electron chi connectivity index (χ3n) is 6.35. The van der Waals surface area contributed by atoms with Crippen molar-refractivity contribution in [3.05, 3.63) is 36.5 Å². The maximum Gasteiger partial charge on any atom is 0.410 e. The largest absolute Gasteiger partial charge is 0.444 e. The highest BCUT2D eigenvalue weighted by molar-refractivity contribution is 7.90. The molecule has 0 aliphatic carbocycles. The Morgan fingerprint density at radius 3 is 2.51 bits per heavy atom. The van der Waals surface area contributed by atoms with E-state index in [1.165, 1.54) is 23.1 Å². The highest BCUT2D eigenvalue weighted by atomic mass is 32.2. The van der Waals surface area contributed by atoms with Crippen molar-refractivity contribution in [2.75, 3.05) is 37.3 Å². The summed E-state index contributed by atoms with van der Waals surface area (Å²) in [5.41, 5.74) is 0.00726. The predicted octanol–water partition coefficient (Wildman–Crippen LogP) is 3.83. The van der Waals surface area contributed by atoms with Crippen LogP contribution < -0.4 is 4.90 Å². The maximum atomic E-state index is 14.9. The maximum absolute atomic E-state index is 14.9. The van der Waals surface area contributed by atoms with E-state index in [0.717, 1.165) is 31.7 Å². The molecule has 0 unspecified atom stereocenters. The number of benzene rings is 1. The fourth-order valence-corrected chi connectivity index (χ4v) is 5.08. The number of sulfone groups is 1. The summed E-state index contributed by atoms with van der Waals surface area (Å²) in [6.45, 7) is 10.3. The molecule has 3 heterocycles. The SMILES string of the molecule is CCN(CC1CCN(C(=O)OC(C)(C)C)CC1)c1ncnc2c1cnn2-c1ccc(S(C)(=O)=O)cc1F. The molecular weight excluding hydrogens is 499 g/mol. The van der Waals surface area contributed by atoms with Crippen LogP contribution in [0.4, 0.5) is 15.0 Å². The number of aromatic nitrogens is 4. The zero-order valence-electron chi connectivity index (χ0n) is 21.8. The molecule has 1 aliphatic heterocycles. The van der Waals surface area contributed by atoms with Crippen LogP contribution in [0.5, 0.6) is 0 Å². The molecule has 0 radical (unpaired) electrons. The summed E-state index contributed by atoms with van der Waals surface area (Å²) in [5.74, 6) is 0.346. The van der Waals surface area contributed by atoms with Crippen molar-refractivity contribution in [2.45, 2.75) is 51.0 Å². The van der Waals surface area contributed by atoms with Crippen molar-refractivity contribution >= 4 is 32.8 Å². The van der Waals surface area contributed by atoms with Crippen LogP contribution in [-0.4, -0.2) is 77.2 Å². The van der Waals surface area contributed by atoms with Crippen molar-refractivity contribution in [1.29, 1.82) is 0 Å². The van der Waals surface area contributed by atoms with E-state index in [-0.39, 0.29) is 16.7 Å². The molecule has 1 aromatic carbocycles. The van der Waals surface area contributed by atoms with Crippen molar-refractivity contribution in [3.63, 3.8) is 0 Å². The number of amides is 1. The van der Waals surface area contributed by atoms with Gasteiger partial charge in [-0.3, -0.25) is 0 Å². The molecule has 0 spiro atoms. The lowest BCUT2D eigenvalue weighted by atomic mass is 9.96. The Hall–Kier alpha value is -3.28. The second-order valence-electron chi connectivity index (χ2n) is 10.3. The minimum absolute atomic E-state index is 0.101. The zero-order chi connectivity index (χ0) is 27.0. The van der Waals surface area contributed by atoms with Gasteiger partial charge in [0.1, 0.15) is 29.3 Å². The molecule has 1 aliphatic rings. The monoisotopic (exact) mass is 532 g/mol. The first kappa shape index (κ1) is 26.8. The van der Waals surface area contributed by atoms with Crippen molar-refractivity contribution in [1.82, 2.24) is 24.6 Å². The first-order chi connectivity index (χ1) is 17.4. The van der Waals surface area contributed by atoms with Gasteiger partial charge in [-0.25, -0.2) is 32.3 Å². The van der Waals surface area contributed by atoms with E-state index in [4.69, 9.17) is 4.74 Å². The van der Waals surface area contributed by atoms with Crippen LogP contribution in [0.15, 0.2) is 35.6 Å². The van der Waals surface area contributed by atoms with Gasteiger partial charge in [0.2, 0.25) is 0 Å². The van der Waals surface area contributed by atoms with Crippen LogP contribution in [0.3, 0.4) is 0 Å². The molecule has 1 amide bonds. The number of hydrogen-bond acceptors (Lipinski definition) is 8. The summed E-state index contributed by atoms with van der Waals surface area (Å²) in [4.78, 5) is 25.0. The Labute approximate surface area is 216 Å². The number of halogens is 1. The molecule has 3 aromatic rings. The van der Waals surface area contributed by atoms with Gasteiger partial charge in [0.15, 0.2) is 15.5 Å². The van der Waals surface area contributed by atoms with Gasteiger partial charge in [0.25, 0.3) is 0 Å². The van der Waals surface area contributed by atoms with Crippen LogP contribution in [0, 0.1) is 11.7 Å². The van der Waals surface area contributed by atoms with Gasteiger partial charge in [-0.05, 0) is 64.7 Å². The summed E-state index contributed by atoms with van der Waals surface area (Å²) in [6.07, 6.45) is 5.47. The van der Waals surface area contributed by atoms with Crippen LogP contribution in [0.1, 0.15) is 40.5 Å². The topological polar surface area (TPSA) is 111 Å². The van der Waals surface area contributed by atoms with Crippen molar-refractivity contribution in [2.24, 2.45) is 5.92 Å². The van der Waals surface area contributed by atoms with E-state index < -0.39 is 21.3 Å². The number of ether oxygens (including phenoxy) is 1. The standard InChI is InChI=1S/C25H33FN6O4S/c1-6-30(15-17-9-11-31(12-10-17)24(33)36-25(2,3)4)22-19-14-29-32(23(19)28-16-27-22)21-8-7-18(13-20(21)26)37(5,34)35/h7-8,13-14,16-17H,6,9-12,15H2,1-5H3.